The van der Waals surface area contributed by atoms with E-state index in [1.807, 2.05) is 0 Å². The third-order valence-electron chi connectivity index (χ3n) is 2.14. The fraction of sp³-hybridized carbons (Fsp3) is 0.167. The molecular weight excluding hydrogens is 257 g/mol. The van der Waals surface area contributed by atoms with E-state index in [9.17, 15) is 4.39 Å². The van der Waals surface area contributed by atoms with Crippen molar-refractivity contribution in [2.24, 2.45) is 0 Å². The summed E-state index contributed by atoms with van der Waals surface area (Å²) in [6.07, 6.45) is 0. The van der Waals surface area contributed by atoms with Crippen molar-refractivity contribution in [2.75, 3.05) is 12.4 Å². The highest BCUT2D eigenvalue weighted by atomic mass is 35.5. The van der Waals surface area contributed by atoms with Crippen LogP contribution in [-0.4, -0.2) is 17.1 Å². The molecular formula is C12H11ClFN3O. The van der Waals surface area contributed by atoms with Gasteiger partial charge in [-0.05, 0) is 30.3 Å². The average molecular weight is 268 g/mol. The Balaban J connectivity index is 2.20. The number of hydrogen-bond donors (Lipinski definition) is 1. The standard InChI is InChI=1S/C12H11ClFN3O/c1-18-7-10-6-11(13)17-12(16-10)15-9-4-2-8(14)3-5-9/h2-6H,7H2,1H3,(H,15,16,17). The Hall–Kier alpha value is -1.72. The van der Waals surface area contributed by atoms with E-state index >= 15 is 0 Å². The maximum Gasteiger partial charge on any atom is 0.228 e. The molecule has 0 saturated heterocycles. The van der Waals surface area contributed by atoms with E-state index < -0.39 is 0 Å². The molecule has 0 aliphatic rings. The highest BCUT2D eigenvalue weighted by Crippen LogP contribution is 2.16. The van der Waals surface area contributed by atoms with Gasteiger partial charge in [-0.25, -0.2) is 14.4 Å². The molecule has 6 heteroatoms. The molecule has 0 unspecified atom stereocenters. The molecule has 0 saturated carbocycles. The second-order valence-corrected chi connectivity index (χ2v) is 3.96. The molecule has 94 valence electrons. The molecule has 0 atom stereocenters. The largest absolute Gasteiger partial charge is 0.378 e. The van der Waals surface area contributed by atoms with Crippen molar-refractivity contribution in [3.8, 4) is 0 Å². The van der Waals surface area contributed by atoms with Gasteiger partial charge in [-0.15, -0.1) is 0 Å². The van der Waals surface area contributed by atoms with Gasteiger partial charge in [0.1, 0.15) is 11.0 Å². The molecule has 18 heavy (non-hydrogen) atoms. The minimum absolute atomic E-state index is 0.298. The Bertz CT molecular complexity index is 533. The zero-order valence-corrected chi connectivity index (χ0v) is 10.4. The van der Waals surface area contributed by atoms with Gasteiger partial charge in [-0.1, -0.05) is 11.6 Å². The van der Waals surface area contributed by atoms with Gasteiger partial charge in [0.25, 0.3) is 0 Å². The van der Waals surface area contributed by atoms with Gasteiger partial charge in [0, 0.05) is 12.8 Å². The molecule has 0 bridgehead atoms. The molecule has 0 spiro atoms. The summed E-state index contributed by atoms with van der Waals surface area (Å²) in [5.41, 5.74) is 1.35. The van der Waals surface area contributed by atoms with Crippen LogP contribution in [0, 0.1) is 5.82 Å². The summed E-state index contributed by atoms with van der Waals surface area (Å²) in [6.45, 7) is 0.348. The van der Waals surface area contributed by atoms with Crippen LogP contribution < -0.4 is 5.32 Å². The van der Waals surface area contributed by atoms with E-state index in [1.54, 1.807) is 25.3 Å². The second-order valence-electron chi connectivity index (χ2n) is 3.57. The molecule has 0 amide bonds. The molecule has 0 aliphatic heterocycles. The Morgan fingerprint density at radius 3 is 2.67 bits per heavy atom. The van der Waals surface area contributed by atoms with Crippen molar-refractivity contribution in [3.63, 3.8) is 0 Å². The first-order chi connectivity index (χ1) is 8.67. The monoisotopic (exact) mass is 267 g/mol. The summed E-state index contributed by atoms with van der Waals surface area (Å²) in [6, 6.07) is 7.51. The van der Waals surface area contributed by atoms with Crippen LogP contribution in [0.2, 0.25) is 5.15 Å². The molecule has 0 radical (unpaired) electrons. The van der Waals surface area contributed by atoms with Crippen LogP contribution in [0.25, 0.3) is 0 Å². The van der Waals surface area contributed by atoms with Gasteiger partial charge in [-0.3, -0.25) is 0 Å². The van der Waals surface area contributed by atoms with Gasteiger partial charge >= 0.3 is 0 Å². The van der Waals surface area contributed by atoms with E-state index in [1.165, 1.54) is 12.1 Å². The number of methoxy groups -OCH3 is 1. The van der Waals surface area contributed by atoms with Crippen LogP contribution in [0.1, 0.15) is 5.69 Å². The molecule has 1 heterocycles. The number of anilines is 2. The highest BCUT2D eigenvalue weighted by Gasteiger charge is 2.04. The lowest BCUT2D eigenvalue weighted by molar-refractivity contribution is 0.181. The summed E-state index contributed by atoms with van der Waals surface area (Å²) < 4.78 is 17.7. The van der Waals surface area contributed by atoms with Crippen LogP contribution >= 0.6 is 11.6 Å². The maximum atomic E-state index is 12.8. The van der Waals surface area contributed by atoms with Crippen LogP contribution in [0.15, 0.2) is 30.3 Å². The number of ether oxygens (including phenoxy) is 1. The Labute approximate surface area is 109 Å². The van der Waals surface area contributed by atoms with E-state index in [0.29, 0.717) is 29.1 Å². The lowest BCUT2D eigenvalue weighted by Gasteiger charge is -2.07. The van der Waals surface area contributed by atoms with E-state index in [-0.39, 0.29) is 5.82 Å². The predicted molar refractivity (Wildman–Crippen MR) is 67.4 cm³/mol. The van der Waals surface area contributed by atoms with Crippen molar-refractivity contribution in [1.82, 2.24) is 9.97 Å². The average Bonchev–Trinajstić information content (AvgIpc) is 2.32. The summed E-state index contributed by atoms with van der Waals surface area (Å²) in [5, 5.41) is 3.26. The number of halogens is 2. The predicted octanol–water partition coefficient (Wildman–Crippen LogP) is 3.16. The third kappa shape index (κ3) is 3.38. The van der Waals surface area contributed by atoms with Crippen LogP contribution in [0.3, 0.4) is 0 Å². The quantitative estimate of drug-likeness (QED) is 0.865. The Kier molecular flexibility index (Phi) is 4.07. The number of rotatable bonds is 4. The first kappa shape index (κ1) is 12.7. The second kappa shape index (κ2) is 5.75. The maximum absolute atomic E-state index is 12.8. The molecule has 1 aromatic heterocycles. The smallest absolute Gasteiger partial charge is 0.228 e. The summed E-state index contributed by atoms with van der Waals surface area (Å²) in [4.78, 5) is 8.24. The number of hydrogen-bond acceptors (Lipinski definition) is 4. The zero-order chi connectivity index (χ0) is 13.0. The van der Waals surface area contributed by atoms with Crippen molar-refractivity contribution in [3.05, 3.63) is 47.0 Å². The lowest BCUT2D eigenvalue weighted by Crippen LogP contribution is -2.01. The normalized spacial score (nSPS) is 10.4. The third-order valence-corrected chi connectivity index (χ3v) is 2.33. The van der Waals surface area contributed by atoms with Crippen molar-refractivity contribution in [1.29, 1.82) is 0 Å². The van der Waals surface area contributed by atoms with Gasteiger partial charge < -0.3 is 10.1 Å². The fourth-order valence-electron chi connectivity index (χ4n) is 1.40. The van der Waals surface area contributed by atoms with Gasteiger partial charge in [0.2, 0.25) is 5.95 Å². The first-order valence-electron chi connectivity index (χ1n) is 5.22. The van der Waals surface area contributed by atoms with E-state index in [0.717, 1.165) is 0 Å². The van der Waals surface area contributed by atoms with Crippen molar-refractivity contribution < 1.29 is 9.13 Å². The highest BCUT2D eigenvalue weighted by molar-refractivity contribution is 6.29. The molecule has 1 N–H and O–H groups in total. The Morgan fingerprint density at radius 1 is 1.28 bits per heavy atom. The van der Waals surface area contributed by atoms with Gasteiger partial charge in [-0.2, -0.15) is 0 Å². The van der Waals surface area contributed by atoms with Crippen molar-refractivity contribution >= 4 is 23.2 Å². The summed E-state index contributed by atoms with van der Waals surface area (Å²) >= 11 is 5.87. The number of aromatic nitrogens is 2. The zero-order valence-electron chi connectivity index (χ0n) is 9.65. The minimum Gasteiger partial charge on any atom is -0.378 e. The fourth-order valence-corrected chi connectivity index (χ4v) is 1.61. The van der Waals surface area contributed by atoms with Crippen LogP contribution in [0.5, 0.6) is 0 Å². The Morgan fingerprint density at radius 2 is 2.00 bits per heavy atom. The molecule has 0 aliphatic carbocycles. The molecule has 2 rings (SSSR count). The van der Waals surface area contributed by atoms with Gasteiger partial charge in [0.15, 0.2) is 0 Å². The van der Waals surface area contributed by atoms with Crippen LogP contribution in [-0.2, 0) is 11.3 Å². The van der Waals surface area contributed by atoms with E-state index in [4.69, 9.17) is 16.3 Å². The SMILES string of the molecule is COCc1cc(Cl)nc(Nc2ccc(F)cc2)n1. The minimum atomic E-state index is -0.298. The van der Waals surface area contributed by atoms with Crippen molar-refractivity contribution in [2.45, 2.75) is 6.61 Å². The summed E-state index contributed by atoms with van der Waals surface area (Å²) in [5.74, 6) is 0.0498. The molecule has 2 aromatic rings. The summed E-state index contributed by atoms with van der Waals surface area (Å²) in [7, 11) is 1.57. The lowest BCUT2D eigenvalue weighted by atomic mass is 10.3. The number of nitrogens with one attached hydrogen (secondary N) is 1. The first-order valence-corrected chi connectivity index (χ1v) is 5.60. The number of benzene rings is 1. The molecule has 4 nitrogen and oxygen atoms in total. The van der Waals surface area contributed by atoms with Gasteiger partial charge in [0.05, 0.1) is 12.3 Å². The van der Waals surface area contributed by atoms with E-state index in [2.05, 4.69) is 15.3 Å². The molecule has 0 fully saturated rings. The molecule has 1 aromatic carbocycles. The number of nitrogens with zero attached hydrogens (tertiary/aromatic N) is 2. The topological polar surface area (TPSA) is 47.0 Å². The van der Waals surface area contributed by atoms with Crippen LogP contribution in [0.4, 0.5) is 16.0 Å².